The average Bonchev–Trinajstić information content (AvgIpc) is 2.97. The number of rotatable bonds is 6. The molecule has 0 fully saturated rings. The summed E-state index contributed by atoms with van der Waals surface area (Å²) in [6, 6.07) is 13.7. The lowest BCUT2D eigenvalue weighted by molar-refractivity contribution is -0.387. The first-order valence-corrected chi connectivity index (χ1v) is 10.4. The Bertz CT molecular complexity index is 1150. The van der Waals surface area contributed by atoms with E-state index in [1.54, 1.807) is 0 Å². The lowest BCUT2D eigenvalue weighted by Gasteiger charge is -2.13. The fourth-order valence-electron chi connectivity index (χ4n) is 3.01. The van der Waals surface area contributed by atoms with Crippen LogP contribution in [0.4, 0.5) is 11.4 Å². The predicted molar refractivity (Wildman–Crippen MR) is 107 cm³/mol. The monoisotopic (exact) mass is 400 g/mol. The Morgan fingerprint density at radius 2 is 1.86 bits per heavy atom. The summed E-state index contributed by atoms with van der Waals surface area (Å²) in [6.07, 6.45) is 0.956. The zero-order valence-electron chi connectivity index (χ0n) is 15.7. The van der Waals surface area contributed by atoms with Gasteiger partial charge < -0.3 is 5.32 Å². The first-order chi connectivity index (χ1) is 13.2. The molecule has 0 saturated carbocycles. The highest BCUT2D eigenvalue weighted by atomic mass is 32.2. The van der Waals surface area contributed by atoms with Gasteiger partial charge in [0.25, 0.3) is 5.69 Å². The van der Waals surface area contributed by atoms with Gasteiger partial charge in [0, 0.05) is 30.2 Å². The second-order valence-electron chi connectivity index (χ2n) is 6.53. The Morgan fingerprint density at radius 3 is 2.46 bits per heavy atom. The molecule has 8 nitrogen and oxygen atoms in total. The molecule has 1 N–H and O–H groups in total. The van der Waals surface area contributed by atoms with Crippen LogP contribution < -0.4 is 5.32 Å². The number of para-hydroxylation sites is 1. The summed E-state index contributed by atoms with van der Waals surface area (Å²) in [5.74, 6) is 0. The zero-order valence-corrected chi connectivity index (χ0v) is 16.5. The van der Waals surface area contributed by atoms with Crippen molar-refractivity contribution in [1.29, 1.82) is 0 Å². The highest BCUT2D eigenvalue weighted by Crippen LogP contribution is 2.27. The van der Waals surface area contributed by atoms with Gasteiger partial charge in [0.1, 0.15) is 4.90 Å². The number of aryl methyl sites for hydroxylation is 2. The lowest BCUT2D eigenvalue weighted by atomic mass is 10.1. The van der Waals surface area contributed by atoms with Crippen LogP contribution in [0.3, 0.4) is 0 Å². The molecule has 0 spiro atoms. The van der Waals surface area contributed by atoms with Gasteiger partial charge >= 0.3 is 0 Å². The summed E-state index contributed by atoms with van der Waals surface area (Å²) in [5, 5.41) is 18.8. The molecule has 1 aromatic heterocycles. The van der Waals surface area contributed by atoms with Crippen molar-refractivity contribution in [2.75, 3.05) is 11.6 Å². The van der Waals surface area contributed by atoms with E-state index in [0.29, 0.717) is 12.2 Å². The van der Waals surface area contributed by atoms with Crippen LogP contribution >= 0.6 is 0 Å². The Kier molecular flexibility index (Phi) is 5.19. The fourth-order valence-corrected chi connectivity index (χ4v) is 3.87. The number of hydrogen-bond acceptors (Lipinski definition) is 6. The number of nitro benzene ring substituents is 1. The molecule has 0 atom stereocenters. The molecule has 0 radical (unpaired) electrons. The molecule has 0 saturated heterocycles. The molecule has 0 unspecified atom stereocenters. The van der Waals surface area contributed by atoms with E-state index in [4.69, 9.17) is 0 Å². The van der Waals surface area contributed by atoms with Gasteiger partial charge in [-0.1, -0.05) is 18.2 Å². The smallest absolute Gasteiger partial charge is 0.288 e. The third-order valence-electron chi connectivity index (χ3n) is 4.27. The van der Waals surface area contributed by atoms with E-state index in [-0.39, 0.29) is 4.90 Å². The average molecular weight is 400 g/mol. The molecule has 0 aliphatic heterocycles. The van der Waals surface area contributed by atoms with Crippen molar-refractivity contribution in [2.24, 2.45) is 0 Å². The van der Waals surface area contributed by atoms with Crippen LogP contribution in [0.1, 0.15) is 17.0 Å². The van der Waals surface area contributed by atoms with Gasteiger partial charge in [0.05, 0.1) is 16.3 Å². The molecule has 2 aromatic carbocycles. The Morgan fingerprint density at radius 1 is 1.14 bits per heavy atom. The number of nitro groups is 1. The predicted octanol–water partition coefficient (Wildman–Crippen LogP) is 3.41. The van der Waals surface area contributed by atoms with Gasteiger partial charge in [-0.15, -0.1) is 0 Å². The van der Waals surface area contributed by atoms with Gasteiger partial charge in [-0.2, -0.15) is 5.10 Å². The molecule has 0 bridgehead atoms. The molecule has 0 aliphatic rings. The van der Waals surface area contributed by atoms with Crippen molar-refractivity contribution in [3.63, 3.8) is 0 Å². The number of nitrogens with zero attached hydrogens (tertiary/aromatic N) is 3. The first-order valence-electron chi connectivity index (χ1n) is 8.51. The maximum atomic E-state index is 11.9. The quantitative estimate of drug-likeness (QED) is 0.502. The molecule has 1 heterocycles. The fraction of sp³-hybridized carbons (Fsp3) is 0.211. The van der Waals surface area contributed by atoms with E-state index >= 15 is 0 Å². The maximum Gasteiger partial charge on any atom is 0.288 e. The summed E-state index contributed by atoms with van der Waals surface area (Å²) in [6.45, 7) is 4.29. The van der Waals surface area contributed by atoms with E-state index < -0.39 is 20.4 Å². The van der Waals surface area contributed by atoms with Crippen molar-refractivity contribution in [2.45, 2.75) is 25.3 Å². The summed E-state index contributed by atoms with van der Waals surface area (Å²) < 4.78 is 25.7. The highest BCUT2D eigenvalue weighted by molar-refractivity contribution is 7.90. The van der Waals surface area contributed by atoms with E-state index in [0.717, 1.165) is 28.9 Å². The minimum Gasteiger partial charge on any atom is -0.381 e. The van der Waals surface area contributed by atoms with Crippen molar-refractivity contribution >= 4 is 21.2 Å². The number of aromatic nitrogens is 2. The molecule has 0 aliphatic carbocycles. The minimum atomic E-state index is -3.73. The van der Waals surface area contributed by atoms with Crippen molar-refractivity contribution < 1.29 is 13.3 Å². The van der Waals surface area contributed by atoms with E-state index in [1.807, 2.05) is 48.9 Å². The topological polar surface area (TPSA) is 107 Å². The van der Waals surface area contributed by atoms with Crippen LogP contribution in [0.5, 0.6) is 0 Å². The standard InChI is InChI=1S/C19H20N4O4S/c1-13-10-14(2)22(21-13)17-7-5-4-6-15(17)12-20-16-8-9-18(23(24)25)19(11-16)28(3,26)27/h4-11,20H,12H2,1-3H3. The second kappa shape index (κ2) is 7.43. The second-order valence-corrected chi connectivity index (χ2v) is 8.52. The lowest BCUT2D eigenvalue weighted by Crippen LogP contribution is -2.08. The van der Waals surface area contributed by atoms with Crippen LogP contribution in [-0.4, -0.2) is 29.4 Å². The summed E-state index contributed by atoms with van der Waals surface area (Å²) in [5.41, 5.74) is 3.82. The third-order valence-corrected chi connectivity index (χ3v) is 5.39. The molecule has 146 valence electrons. The van der Waals surface area contributed by atoms with E-state index in [2.05, 4.69) is 10.4 Å². The van der Waals surface area contributed by atoms with Crippen LogP contribution in [0.15, 0.2) is 53.4 Å². The zero-order chi connectivity index (χ0) is 20.5. The Balaban J connectivity index is 1.92. The normalized spacial score (nSPS) is 11.4. The molecule has 9 heteroatoms. The summed E-state index contributed by atoms with van der Waals surface area (Å²) >= 11 is 0. The molecule has 0 amide bonds. The molecule has 3 rings (SSSR count). The molecular formula is C19H20N4O4S. The van der Waals surface area contributed by atoms with Crippen LogP contribution in [0, 0.1) is 24.0 Å². The number of sulfone groups is 1. The summed E-state index contributed by atoms with van der Waals surface area (Å²) in [7, 11) is -3.73. The Hall–Kier alpha value is -3.20. The number of hydrogen-bond donors (Lipinski definition) is 1. The van der Waals surface area contributed by atoms with E-state index in [9.17, 15) is 18.5 Å². The summed E-state index contributed by atoms with van der Waals surface area (Å²) in [4.78, 5) is 10.1. The van der Waals surface area contributed by atoms with Crippen LogP contribution in [-0.2, 0) is 16.4 Å². The minimum absolute atomic E-state index is 0.311. The molecule has 3 aromatic rings. The third kappa shape index (κ3) is 4.04. The van der Waals surface area contributed by atoms with Gasteiger partial charge in [0.2, 0.25) is 0 Å². The number of benzene rings is 2. The number of anilines is 1. The Labute approximate surface area is 162 Å². The maximum absolute atomic E-state index is 11.9. The van der Waals surface area contributed by atoms with Crippen LogP contribution in [0.25, 0.3) is 5.69 Å². The SMILES string of the molecule is Cc1cc(C)n(-c2ccccc2CNc2ccc([N+](=O)[O-])c(S(C)(=O)=O)c2)n1. The largest absolute Gasteiger partial charge is 0.381 e. The molecule has 28 heavy (non-hydrogen) atoms. The molecular weight excluding hydrogens is 380 g/mol. The van der Waals surface area contributed by atoms with Gasteiger partial charge in [-0.05, 0) is 43.7 Å². The highest BCUT2D eigenvalue weighted by Gasteiger charge is 2.22. The van der Waals surface area contributed by atoms with E-state index in [1.165, 1.54) is 18.2 Å². The number of nitrogens with one attached hydrogen (secondary N) is 1. The van der Waals surface area contributed by atoms with Gasteiger partial charge in [0.15, 0.2) is 9.84 Å². The van der Waals surface area contributed by atoms with Gasteiger partial charge in [-0.25, -0.2) is 13.1 Å². The van der Waals surface area contributed by atoms with Gasteiger partial charge in [-0.3, -0.25) is 10.1 Å². The van der Waals surface area contributed by atoms with Crippen molar-refractivity contribution in [3.8, 4) is 5.69 Å². The first kappa shape index (κ1) is 19.6. The van der Waals surface area contributed by atoms with Crippen LogP contribution in [0.2, 0.25) is 0 Å². The van der Waals surface area contributed by atoms with Crippen molar-refractivity contribution in [3.05, 3.63) is 75.6 Å². The van der Waals surface area contributed by atoms with Crippen molar-refractivity contribution in [1.82, 2.24) is 9.78 Å².